The van der Waals surface area contributed by atoms with Gasteiger partial charge in [-0.15, -0.1) is 0 Å². The van der Waals surface area contributed by atoms with E-state index in [9.17, 15) is 9.90 Å². The average Bonchev–Trinajstić information content (AvgIpc) is 2.30. The molecule has 4 nitrogen and oxygen atoms in total. The van der Waals surface area contributed by atoms with Gasteiger partial charge in [0.15, 0.2) is 0 Å². The molecule has 0 radical (unpaired) electrons. The number of carboxylic acid groups (broad SMARTS) is 1. The number of hydrogen-bond donors (Lipinski definition) is 1. The normalized spacial score (nSPS) is 10.3. The number of ether oxygens (including phenoxy) is 1. The van der Waals surface area contributed by atoms with Crippen LogP contribution in [0.4, 0.5) is 0 Å². The van der Waals surface area contributed by atoms with Crippen LogP contribution in [0.1, 0.15) is 21.7 Å². The van der Waals surface area contributed by atoms with Crippen LogP contribution in [0.2, 0.25) is 0 Å². The van der Waals surface area contributed by atoms with Gasteiger partial charge in [0.05, 0.1) is 9.26 Å². The lowest BCUT2D eigenvalue weighted by Crippen LogP contribution is -2.06. The van der Waals surface area contributed by atoms with Crippen LogP contribution in [0.5, 0.6) is 11.5 Å². The van der Waals surface area contributed by atoms with E-state index in [1.807, 2.05) is 18.2 Å². The van der Waals surface area contributed by atoms with Crippen LogP contribution in [0, 0.1) is 17.4 Å². The molecule has 0 saturated heterocycles. The molecule has 1 N–H and O–H groups in total. The number of carbonyl (C=O) groups is 1. The number of hydrogen-bond acceptors (Lipinski definition) is 3. The Balaban J connectivity index is 2.51. The minimum atomic E-state index is -1.04. The van der Waals surface area contributed by atoms with E-state index in [0.29, 0.717) is 17.2 Å². The van der Waals surface area contributed by atoms with Crippen molar-refractivity contribution in [3.63, 3.8) is 0 Å². The van der Waals surface area contributed by atoms with Gasteiger partial charge in [0.1, 0.15) is 17.1 Å². The molecule has 0 aliphatic rings. The van der Waals surface area contributed by atoms with Gasteiger partial charge in [0.2, 0.25) is 0 Å². The first-order chi connectivity index (χ1) is 8.99. The summed E-state index contributed by atoms with van der Waals surface area (Å²) in [5.41, 5.74) is 1.28. The third kappa shape index (κ3) is 3.04. The number of nitrogens with zero attached hydrogens (tertiary/aromatic N) is 1. The van der Waals surface area contributed by atoms with Crippen molar-refractivity contribution in [1.29, 1.82) is 0 Å². The van der Waals surface area contributed by atoms with Crippen LogP contribution < -0.4 is 4.74 Å². The smallest absolute Gasteiger partial charge is 0.341 e. The van der Waals surface area contributed by atoms with Gasteiger partial charge in [-0.3, -0.25) is 4.98 Å². The van der Waals surface area contributed by atoms with Crippen molar-refractivity contribution in [2.75, 3.05) is 0 Å². The van der Waals surface area contributed by atoms with Crippen LogP contribution in [0.15, 0.2) is 30.3 Å². The number of para-hydroxylation sites is 1. The molecular formula is C14H12INO3. The summed E-state index contributed by atoms with van der Waals surface area (Å²) in [6, 6.07) is 9.09. The van der Waals surface area contributed by atoms with Gasteiger partial charge in [-0.2, -0.15) is 0 Å². The Kier molecular flexibility index (Phi) is 4.04. The number of halogens is 1. The Hall–Kier alpha value is -1.63. The van der Waals surface area contributed by atoms with Gasteiger partial charge < -0.3 is 9.84 Å². The Labute approximate surface area is 124 Å². The SMILES string of the molecule is Cc1cc(Oc2ccccc2I)c(C(=O)O)c(C)n1. The topological polar surface area (TPSA) is 59.4 Å². The van der Waals surface area contributed by atoms with Crippen molar-refractivity contribution in [1.82, 2.24) is 4.98 Å². The molecule has 0 amide bonds. The summed E-state index contributed by atoms with van der Waals surface area (Å²) in [4.78, 5) is 15.5. The minimum Gasteiger partial charge on any atom is -0.477 e. The molecule has 1 heterocycles. The fourth-order valence-corrected chi connectivity index (χ4v) is 2.28. The van der Waals surface area contributed by atoms with E-state index in [0.717, 1.165) is 9.26 Å². The van der Waals surface area contributed by atoms with Crippen LogP contribution in [-0.4, -0.2) is 16.1 Å². The summed E-state index contributed by atoms with van der Waals surface area (Å²) < 4.78 is 6.65. The molecule has 1 aromatic heterocycles. The second kappa shape index (κ2) is 5.56. The van der Waals surface area contributed by atoms with E-state index in [1.165, 1.54) is 0 Å². The molecule has 0 spiro atoms. The highest BCUT2D eigenvalue weighted by Crippen LogP contribution is 2.30. The fourth-order valence-electron chi connectivity index (χ4n) is 1.78. The van der Waals surface area contributed by atoms with Crippen molar-refractivity contribution in [2.45, 2.75) is 13.8 Å². The lowest BCUT2D eigenvalue weighted by molar-refractivity contribution is 0.0692. The summed E-state index contributed by atoms with van der Waals surface area (Å²) in [6.07, 6.45) is 0. The first kappa shape index (κ1) is 13.8. The highest BCUT2D eigenvalue weighted by Gasteiger charge is 2.17. The zero-order chi connectivity index (χ0) is 14.0. The summed E-state index contributed by atoms with van der Waals surface area (Å²) in [5, 5.41) is 9.26. The lowest BCUT2D eigenvalue weighted by Gasteiger charge is -2.12. The van der Waals surface area contributed by atoms with Crippen LogP contribution >= 0.6 is 22.6 Å². The largest absolute Gasteiger partial charge is 0.477 e. The highest BCUT2D eigenvalue weighted by atomic mass is 127. The van der Waals surface area contributed by atoms with Crippen LogP contribution in [0.3, 0.4) is 0 Å². The second-order valence-corrected chi connectivity index (χ2v) is 5.22. The molecule has 0 unspecified atom stereocenters. The maximum atomic E-state index is 11.3. The molecule has 0 fully saturated rings. The molecule has 98 valence electrons. The Bertz CT molecular complexity index is 641. The number of aromatic nitrogens is 1. The van der Waals surface area contributed by atoms with Crippen molar-refractivity contribution < 1.29 is 14.6 Å². The van der Waals surface area contributed by atoms with Crippen LogP contribution in [0.25, 0.3) is 0 Å². The first-order valence-corrected chi connectivity index (χ1v) is 6.71. The van der Waals surface area contributed by atoms with E-state index in [4.69, 9.17) is 4.74 Å². The monoisotopic (exact) mass is 369 g/mol. The van der Waals surface area contributed by atoms with Crippen molar-refractivity contribution in [3.05, 3.63) is 50.9 Å². The highest BCUT2D eigenvalue weighted by molar-refractivity contribution is 14.1. The predicted molar refractivity (Wildman–Crippen MR) is 79.9 cm³/mol. The van der Waals surface area contributed by atoms with Gasteiger partial charge in [-0.05, 0) is 48.6 Å². The standard InChI is InChI=1S/C14H12INO3/c1-8-7-12(13(14(17)18)9(2)16-8)19-11-6-4-3-5-10(11)15/h3-7H,1-2H3,(H,17,18). The molecule has 2 rings (SSSR count). The lowest BCUT2D eigenvalue weighted by atomic mass is 10.1. The molecule has 0 bridgehead atoms. The van der Waals surface area contributed by atoms with E-state index < -0.39 is 5.97 Å². The Morgan fingerprint density at radius 1 is 1.26 bits per heavy atom. The number of carboxylic acids is 1. The molecule has 1 aromatic carbocycles. The van der Waals surface area contributed by atoms with E-state index >= 15 is 0 Å². The fraction of sp³-hybridized carbons (Fsp3) is 0.143. The molecule has 2 aromatic rings. The molecule has 5 heteroatoms. The molecule has 0 saturated carbocycles. The van der Waals surface area contributed by atoms with E-state index in [-0.39, 0.29) is 5.56 Å². The van der Waals surface area contributed by atoms with Gasteiger partial charge in [-0.25, -0.2) is 4.79 Å². The van der Waals surface area contributed by atoms with Crippen molar-refractivity contribution in [3.8, 4) is 11.5 Å². The zero-order valence-electron chi connectivity index (χ0n) is 10.5. The minimum absolute atomic E-state index is 0.102. The quantitative estimate of drug-likeness (QED) is 0.837. The van der Waals surface area contributed by atoms with Gasteiger partial charge in [-0.1, -0.05) is 12.1 Å². The summed E-state index contributed by atoms with van der Waals surface area (Å²) in [5.74, 6) is -0.0804. The zero-order valence-corrected chi connectivity index (χ0v) is 12.6. The van der Waals surface area contributed by atoms with E-state index in [2.05, 4.69) is 27.6 Å². The number of aromatic carboxylic acids is 1. The number of pyridine rings is 1. The van der Waals surface area contributed by atoms with E-state index in [1.54, 1.807) is 26.0 Å². The third-order valence-electron chi connectivity index (χ3n) is 2.56. The molecular weight excluding hydrogens is 357 g/mol. The average molecular weight is 369 g/mol. The molecule has 0 atom stereocenters. The van der Waals surface area contributed by atoms with Gasteiger partial charge in [0.25, 0.3) is 0 Å². The Morgan fingerprint density at radius 3 is 2.58 bits per heavy atom. The summed E-state index contributed by atoms with van der Waals surface area (Å²) >= 11 is 2.15. The number of aryl methyl sites for hydroxylation is 2. The molecule has 19 heavy (non-hydrogen) atoms. The number of benzene rings is 1. The molecule has 0 aliphatic carbocycles. The number of rotatable bonds is 3. The Morgan fingerprint density at radius 2 is 1.95 bits per heavy atom. The van der Waals surface area contributed by atoms with Gasteiger partial charge in [0, 0.05) is 11.8 Å². The third-order valence-corrected chi connectivity index (χ3v) is 3.45. The van der Waals surface area contributed by atoms with Crippen LogP contribution in [-0.2, 0) is 0 Å². The first-order valence-electron chi connectivity index (χ1n) is 5.63. The predicted octanol–water partition coefficient (Wildman–Crippen LogP) is 3.79. The van der Waals surface area contributed by atoms with Crippen molar-refractivity contribution >= 4 is 28.6 Å². The summed E-state index contributed by atoms with van der Waals surface area (Å²) in [7, 11) is 0. The van der Waals surface area contributed by atoms with Gasteiger partial charge >= 0.3 is 5.97 Å². The summed E-state index contributed by atoms with van der Waals surface area (Å²) in [6.45, 7) is 3.47. The molecule has 0 aliphatic heterocycles. The second-order valence-electron chi connectivity index (χ2n) is 4.06. The maximum Gasteiger partial charge on any atom is 0.341 e. The maximum absolute atomic E-state index is 11.3. The van der Waals surface area contributed by atoms with Crippen molar-refractivity contribution in [2.24, 2.45) is 0 Å².